The first-order valence-electron chi connectivity index (χ1n) is 8.84. The van der Waals surface area contributed by atoms with E-state index in [0.717, 1.165) is 24.3 Å². The smallest absolute Gasteiger partial charge is 0.229 e. The Bertz CT molecular complexity index is 1170. The van der Waals surface area contributed by atoms with E-state index < -0.39 is 54.2 Å². The summed E-state index contributed by atoms with van der Waals surface area (Å²) in [6.07, 6.45) is -7.76. The number of aromatic hydroxyl groups is 3. The van der Waals surface area contributed by atoms with E-state index in [4.69, 9.17) is 13.9 Å². The van der Waals surface area contributed by atoms with Gasteiger partial charge in [0.25, 0.3) is 0 Å². The number of ether oxygens (including phenoxy) is 2. The van der Waals surface area contributed by atoms with E-state index in [1.54, 1.807) is 0 Å². The van der Waals surface area contributed by atoms with Crippen molar-refractivity contribution in [3.63, 3.8) is 0 Å². The number of hydrogen-bond acceptors (Lipinski definition) is 11. The molecule has 4 rings (SSSR count). The fourth-order valence-corrected chi connectivity index (χ4v) is 3.34. The van der Waals surface area contributed by atoms with Gasteiger partial charge in [0.05, 0.1) is 12.0 Å². The zero-order valence-corrected chi connectivity index (χ0v) is 15.2. The molecule has 2 aromatic carbocycles. The lowest BCUT2D eigenvalue weighted by Crippen LogP contribution is -2.60. The highest BCUT2D eigenvalue weighted by Gasteiger charge is 2.45. The van der Waals surface area contributed by atoms with Crippen LogP contribution >= 0.6 is 0 Å². The van der Waals surface area contributed by atoms with Crippen LogP contribution < -0.4 is 10.2 Å². The molecule has 1 saturated heterocycles. The zero-order chi connectivity index (χ0) is 21.7. The quantitative estimate of drug-likeness (QED) is 0.263. The van der Waals surface area contributed by atoms with Gasteiger partial charge in [-0.05, 0) is 6.07 Å². The molecule has 5 atom stereocenters. The number of rotatable bonds is 3. The molecule has 0 bridgehead atoms. The maximum absolute atomic E-state index is 12.7. The summed E-state index contributed by atoms with van der Waals surface area (Å²) in [5, 5.41) is 68.5. The maximum Gasteiger partial charge on any atom is 0.229 e. The predicted molar refractivity (Wildman–Crippen MR) is 99.4 cm³/mol. The highest BCUT2D eigenvalue weighted by Crippen LogP contribution is 2.36. The first kappa shape index (κ1) is 20.2. The van der Waals surface area contributed by atoms with Crippen LogP contribution in [0.5, 0.6) is 23.0 Å². The third-order valence-electron chi connectivity index (χ3n) is 4.91. The SMILES string of the molecule is O=c1c2cc(O)c(OC3OC(CO)C(O)C(O)C3O)cc2oc2cc(O)cc(O)c12. The highest BCUT2D eigenvalue weighted by molar-refractivity contribution is 5.94. The fourth-order valence-electron chi connectivity index (χ4n) is 3.34. The second kappa shape index (κ2) is 7.31. The molecule has 3 aromatic rings. The molecule has 0 spiro atoms. The zero-order valence-electron chi connectivity index (χ0n) is 15.2. The molecular weight excluding hydrogens is 404 g/mol. The number of aliphatic hydroxyl groups excluding tert-OH is 4. The lowest BCUT2D eigenvalue weighted by molar-refractivity contribution is -0.277. The molecule has 0 saturated carbocycles. The molecular formula is C19H18O11. The van der Waals surface area contributed by atoms with Gasteiger partial charge in [0.2, 0.25) is 11.7 Å². The highest BCUT2D eigenvalue weighted by atomic mass is 16.7. The Morgan fingerprint density at radius 2 is 1.63 bits per heavy atom. The van der Waals surface area contributed by atoms with Crippen LogP contribution in [0.2, 0.25) is 0 Å². The van der Waals surface area contributed by atoms with Crippen LogP contribution in [-0.2, 0) is 4.74 Å². The van der Waals surface area contributed by atoms with Crippen LogP contribution in [0.4, 0.5) is 0 Å². The number of phenolic OH excluding ortho intramolecular Hbond substituents is 3. The molecule has 0 radical (unpaired) electrons. The summed E-state index contributed by atoms with van der Waals surface area (Å²) < 4.78 is 16.2. The normalized spacial score (nSPS) is 26.9. The molecule has 1 fully saturated rings. The molecule has 11 nitrogen and oxygen atoms in total. The van der Waals surface area contributed by atoms with Crippen molar-refractivity contribution in [2.75, 3.05) is 6.61 Å². The average Bonchev–Trinajstić information content (AvgIpc) is 2.69. The number of fused-ring (bicyclic) bond motifs is 2. The third-order valence-corrected chi connectivity index (χ3v) is 4.91. The largest absolute Gasteiger partial charge is 0.508 e. The van der Waals surface area contributed by atoms with Crippen LogP contribution in [0.15, 0.2) is 33.5 Å². The summed E-state index contributed by atoms with van der Waals surface area (Å²) in [6.45, 7) is -0.664. The van der Waals surface area contributed by atoms with Crippen LogP contribution in [-0.4, -0.2) is 73.1 Å². The minimum Gasteiger partial charge on any atom is -0.508 e. The molecule has 0 amide bonds. The number of hydrogen-bond donors (Lipinski definition) is 7. The molecule has 5 unspecified atom stereocenters. The molecule has 160 valence electrons. The molecule has 1 aliphatic rings. The summed E-state index contributed by atoms with van der Waals surface area (Å²) >= 11 is 0. The summed E-state index contributed by atoms with van der Waals surface area (Å²) in [5.74, 6) is -1.66. The average molecular weight is 422 g/mol. The van der Waals surface area contributed by atoms with Gasteiger partial charge in [0.1, 0.15) is 52.5 Å². The topological polar surface area (TPSA) is 190 Å². The van der Waals surface area contributed by atoms with E-state index >= 15 is 0 Å². The van der Waals surface area contributed by atoms with Gasteiger partial charge in [0.15, 0.2) is 11.5 Å². The first-order chi connectivity index (χ1) is 14.2. The van der Waals surface area contributed by atoms with Crippen LogP contribution in [0.1, 0.15) is 0 Å². The van der Waals surface area contributed by atoms with E-state index in [-0.39, 0.29) is 33.4 Å². The van der Waals surface area contributed by atoms with Gasteiger partial charge in [-0.25, -0.2) is 0 Å². The van der Waals surface area contributed by atoms with Gasteiger partial charge < -0.3 is 49.6 Å². The van der Waals surface area contributed by atoms with Crippen LogP contribution in [0.3, 0.4) is 0 Å². The Hall–Kier alpha value is -3.09. The van der Waals surface area contributed by atoms with E-state index in [1.165, 1.54) is 0 Å². The van der Waals surface area contributed by atoms with Gasteiger partial charge in [-0.1, -0.05) is 0 Å². The molecule has 30 heavy (non-hydrogen) atoms. The Morgan fingerprint density at radius 1 is 0.900 bits per heavy atom. The number of benzene rings is 2. The molecule has 1 aliphatic heterocycles. The van der Waals surface area contributed by atoms with E-state index in [9.17, 15) is 40.5 Å². The Balaban J connectivity index is 1.78. The van der Waals surface area contributed by atoms with Crippen molar-refractivity contribution in [2.45, 2.75) is 30.7 Å². The van der Waals surface area contributed by atoms with Gasteiger partial charge in [-0.2, -0.15) is 0 Å². The Kier molecular flexibility index (Phi) is 4.92. The fraction of sp³-hybridized carbons (Fsp3) is 0.316. The van der Waals surface area contributed by atoms with Gasteiger partial charge >= 0.3 is 0 Å². The second-order valence-electron chi connectivity index (χ2n) is 6.90. The molecule has 0 aliphatic carbocycles. The number of aliphatic hydroxyl groups is 4. The predicted octanol–water partition coefficient (Wildman–Crippen LogP) is -0.758. The lowest BCUT2D eigenvalue weighted by Gasteiger charge is -2.39. The summed E-state index contributed by atoms with van der Waals surface area (Å²) in [7, 11) is 0. The third kappa shape index (κ3) is 3.18. The maximum atomic E-state index is 12.7. The van der Waals surface area contributed by atoms with Crippen molar-refractivity contribution < 1.29 is 49.6 Å². The monoisotopic (exact) mass is 422 g/mol. The second-order valence-corrected chi connectivity index (χ2v) is 6.90. The van der Waals surface area contributed by atoms with Crippen LogP contribution in [0.25, 0.3) is 21.9 Å². The van der Waals surface area contributed by atoms with Crippen molar-refractivity contribution in [3.05, 3.63) is 34.5 Å². The van der Waals surface area contributed by atoms with E-state index in [2.05, 4.69) is 0 Å². The van der Waals surface area contributed by atoms with Gasteiger partial charge in [-0.15, -0.1) is 0 Å². The van der Waals surface area contributed by atoms with Crippen molar-refractivity contribution >= 4 is 21.9 Å². The number of phenols is 3. The van der Waals surface area contributed by atoms with E-state index in [0.29, 0.717) is 0 Å². The lowest BCUT2D eigenvalue weighted by atomic mass is 9.99. The standard InChI is InChI=1S/C19H18O11/c20-5-13-16(25)17(26)18(27)19(30-13)29-11-4-10-7(3-8(11)22)15(24)14-9(23)1-6(21)2-12(14)28-10/h1-4,13,16-23,25-27H,5H2. The summed E-state index contributed by atoms with van der Waals surface area (Å²) in [6, 6.07) is 4.24. The molecule has 2 heterocycles. The van der Waals surface area contributed by atoms with Crippen molar-refractivity contribution in [1.29, 1.82) is 0 Å². The Labute approximate surface area is 167 Å². The van der Waals surface area contributed by atoms with Gasteiger partial charge in [-0.3, -0.25) is 4.79 Å². The Morgan fingerprint density at radius 3 is 2.33 bits per heavy atom. The summed E-state index contributed by atoms with van der Waals surface area (Å²) in [4.78, 5) is 12.7. The minimum atomic E-state index is -1.71. The molecule has 1 aromatic heterocycles. The van der Waals surface area contributed by atoms with Crippen molar-refractivity contribution in [3.8, 4) is 23.0 Å². The summed E-state index contributed by atoms with van der Waals surface area (Å²) in [5.41, 5.74) is -0.859. The van der Waals surface area contributed by atoms with Crippen molar-refractivity contribution in [1.82, 2.24) is 0 Å². The molecule has 7 N–H and O–H groups in total. The van der Waals surface area contributed by atoms with Crippen molar-refractivity contribution in [2.24, 2.45) is 0 Å². The first-order valence-corrected chi connectivity index (χ1v) is 8.84. The minimum absolute atomic E-state index is 0.0742. The van der Waals surface area contributed by atoms with Gasteiger partial charge in [0, 0.05) is 18.2 Å². The van der Waals surface area contributed by atoms with Crippen LogP contribution in [0, 0.1) is 0 Å². The molecule has 11 heteroatoms. The van der Waals surface area contributed by atoms with E-state index in [1.807, 2.05) is 0 Å².